The van der Waals surface area contributed by atoms with Gasteiger partial charge in [-0.3, -0.25) is 4.90 Å². The Morgan fingerprint density at radius 1 is 1.10 bits per heavy atom. The molecule has 1 aromatic rings. The third-order valence-corrected chi connectivity index (χ3v) is 4.85. The number of nitrogens with zero attached hydrogens (tertiary/aromatic N) is 2. The Morgan fingerprint density at radius 3 is 2.55 bits per heavy atom. The Hall–Kier alpha value is -0.840. The second-order valence-corrected chi connectivity index (χ2v) is 6.30. The molecule has 0 saturated carbocycles. The second-order valence-electron chi connectivity index (χ2n) is 6.30. The van der Waals surface area contributed by atoms with Crippen molar-refractivity contribution in [3.8, 4) is 0 Å². The zero-order valence-electron chi connectivity index (χ0n) is 12.4. The summed E-state index contributed by atoms with van der Waals surface area (Å²) < 4.78 is 5.56. The predicted octanol–water partition coefficient (Wildman–Crippen LogP) is 2.05. The maximum atomic E-state index is 5.73. The predicted molar refractivity (Wildman–Crippen MR) is 80.3 cm³/mol. The summed E-state index contributed by atoms with van der Waals surface area (Å²) in [5, 5.41) is 0. The van der Waals surface area contributed by atoms with Gasteiger partial charge >= 0.3 is 0 Å². The average Bonchev–Trinajstić information content (AvgIpc) is 3.12. The van der Waals surface area contributed by atoms with Crippen LogP contribution in [-0.2, 0) is 13.1 Å². The number of rotatable bonds is 5. The molecule has 0 atom stereocenters. The zero-order valence-corrected chi connectivity index (χ0v) is 12.4. The van der Waals surface area contributed by atoms with Gasteiger partial charge in [0.25, 0.3) is 0 Å². The molecule has 0 bridgehead atoms. The van der Waals surface area contributed by atoms with Gasteiger partial charge in [-0.15, -0.1) is 0 Å². The molecule has 2 aliphatic rings. The number of piperidine rings is 1. The summed E-state index contributed by atoms with van der Waals surface area (Å²) in [7, 11) is 0. The number of nitrogens with two attached hydrogens (primary N) is 1. The Labute approximate surface area is 121 Å². The van der Waals surface area contributed by atoms with Crippen LogP contribution in [-0.4, -0.2) is 42.5 Å². The maximum absolute atomic E-state index is 5.73. The summed E-state index contributed by atoms with van der Waals surface area (Å²) in [5.41, 5.74) is 6.89. The van der Waals surface area contributed by atoms with Crippen LogP contribution in [0.1, 0.15) is 37.0 Å². The lowest BCUT2D eigenvalue weighted by Gasteiger charge is -2.33. The molecule has 3 heterocycles. The van der Waals surface area contributed by atoms with E-state index in [1.54, 1.807) is 6.26 Å². The molecule has 4 nitrogen and oxygen atoms in total. The van der Waals surface area contributed by atoms with Crippen LogP contribution in [0.2, 0.25) is 0 Å². The fourth-order valence-corrected chi connectivity index (χ4v) is 3.55. The monoisotopic (exact) mass is 277 g/mol. The SMILES string of the molecule is NCc1ccoc1CN1CCC(CN2CCCC2)CC1. The third kappa shape index (κ3) is 3.43. The van der Waals surface area contributed by atoms with Crippen molar-refractivity contribution in [3.05, 3.63) is 23.7 Å². The molecule has 0 aliphatic carbocycles. The van der Waals surface area contributed by atoms with Gasteiger partial charge in [-0.05, 0) is 63.8 Å². The Bertz CT molecular complexity index is 404. The Morgan fingerprint density at radius 2 is 1.85 bits per heavy atom. The van der Waals surface area contributed by atoms with Crippen LogP contribution < -0.4 is 5.73 Å². The van der Waals surface area contributed by atoms with Gasteiger partial charge in [-0.1, -0.05) is 0 Å². The van der Waals surface area contributed by atoms with E-state index in [0.717, 1.165) is 23.8 Å². The molecule has 0 unspecified atom stereocenters. The van der Waals surface area contributed by atoms with E-state index in [9.17, 15) is 0 Å². The molecule has 0 amide bonds. The zero-order chi connectivity index (χ0) is 13.8. The van der Waals surface area contributed by atoms with E-state index in [1.165, 1.54) is 58.4 Å². The maximum Gasteiger partial charge on any atom is 0.122 e. The molecule has 112 valence electrons. The number of likely N-dealkylation sites (tertiary alicyclic amines) is 2. The Kier molecular flexibility index (Phi) is 4.76. The van der Waals surface area contributed by atoms with Crippen molar-refractivity contribution < 1.29 is 4.42 Å². The number of furan rings is 1. The number of hydrogen-bond donors (Lipinski definition) is 1. The van der Waals surface area contributed by atoms with Crippen LogP contribution in [0.5, 0.6) is 0 Å². The van der Waals surface area contributed by atoms with Crippen molar-refractivity contribution in [1.82, 2.24) is 9.80 Å². The van der Waals surface area contributed by atoms with E-state index in [-0.39, 0.29) is 0 Å². The van der Waals surface area contributed by atoms with E-state index in [1.807, 2.05) is 6.07 Å². The van der Waals surface area contributed by atoms with Gasteiger partial charge in [-0.25, -0.2) is 0 Å². The van der Waals surface area contributed by atoms with E-state index in [4.69, 9.17) is 10.2 Å². The lowest BCUT2D eigenvalue weighted by molar-refractivity contribution is 0.141. The highest BCUT2D eigenvalue weighted by molar-refractivity contribution is 5.16. The first-order chi connectivity index (χ1) is 9.85. The molecule has 2 saturated heterocycles. The van der Waals surface area contributed by atoms with Gasteiger partial charge in [0, 0.05) is 18.7 Å². The normalized spacial score (nSPS) is 22.6. The highest BCUT2D eigenvalue weighted by Crippen LogP contribution is 2.22. The summed E-state index contributed by atoms with van der Waals surface area (Å²) in [4.78, 5) is 5.16. The molecule has 4 heteroatoms. The summed E-state index contributed by atoms with van der Waals surface area (Å²) in [6.07, 6.45) is 7.22. The quantitative estimate of drug-likeness (QED) is 0.894. The van der Waals surface area contributed by atoms with Crippen molar-refractivity contribution in [2.75, 3.05) is 32.7 Å². The summed E-state index contributed by atoms with van der Waals surface area (Å²) in [6, 6.07) is 2.00. The lowest BCUT2D eigenvalue weighted by atomic mass is 9.96. The molecular weight excluding hydrogens is 250 g/mol. The first kappa shape index (κ1) is 14.1. The third-order valence-electron chi connectivity index (χ3n) is 4.85. The van der Waals surface area contributed by atoms with E-state index in [2.05, 4.69) is 9.80 Å². The largest absolute Gasteiger partial charge is 0.468 e. The minimum absolute atomic E-state index is 0.581. The van der Waals surface area contributed by atoms with Crippen LogP contribution in [0.15, 0.2) is 16.7 Å². The fourth-order valence-electron chi connectivity index (χ4n) is 3.55. The van der Waals surface area contributed by atoms with Crippen LogP contribution >= 0.6 is 0 Å². The van der Waals surface area contributed by atoms with E-state index in [0.29, 0.717) is 6.54 Å². The second kappa shape index (κ2) is 6.74. The highest BCUT2D eigenvalue weighted by atomic mass is 16.3. The summed E-state index contributed by atoms with van der Waals surface area (Å²) in [6.45, 7) is 7.88. The lowest BCUT2D eigenvalue weighted by Crippen LogP contribution is -2.37. The highest BCUT2D eigenvalue weighted by Gasteiger charge is 2.23. The first-order valence-electron chi connectivity index (χ1n) is 8.05. The average molecular weight is 277 g/mol. The van der Waals surface area contributed by atoms with E-state index >= 15 is 0 Å². The van der Waals surface area contributed by atoms with Crippen molar-refractivity contribution >= 4 is 0 Å². The molecule has 1 aromatic heterocycles. The topological polar surface area (TPSA) is 45.6 Å². The van der Waals surface area contributed by atoms with E-state index < -0.39 is 0 Å². The molecule has 2 N–H and O–H groups in total. The van der Waals surface area contributed by atoms with Crippen LogP contribution in [0.3, 0.4) is 0 Å². The molecule has 0 aromatic carbocycles. The molecule has 20 heavy (non-hydrogen) atoms. The van der Waals surface area contributed by atoms with Gasteiger partial charge in [0.2, 0.25) is 0 Å². The minimum atomic E-state index is 0.581. The summed E-state index contributed by atoms with van der Waals surface area (Å²) >= 11 is 0. The van der Waals surface area contributed by atoms with Crippen molar-refractivity contribution in [2.24, 2.45) is 11.7 Å². The number of hydrogen-bond acceptors (Lipinski definition) is 4. The van der Waals surface area contributed by atoms with Gasteiger partial charge in [0.15, 0.2) is 0 Å². The molecular formula is C16H27N3O. The standard InChI is InChI=1S/C16H27N3O/c17-11-15-5-10-20-16(15)13-19-8-3-14(4-9-19)12-18-6-1-2-7-18/h5,10,14H,1-4,6-9,11-13,17H2. The van der Waals surface area contributed by atoms with Crippen molar-refractivity contribution in [1.29, 1.82) is 0 Å². The smallest absolute Gasteiger partial charge is 0.122 e. The van der Waals surface area contributed by atoms with Crippen molar-refractivity contribution in [2.45, 2.75) is 38.8 Å². The van der Waals surface area contributed by atoms with Gasteiger partial charge < -0.3 is 15.1 Å². The minimum Gasteiger partial charge on any atom is -0.468 e. The first-order valence-corrected chi connectivity index (χ1v) is 8.05. The molecule has 2 fully saturated rings. The van der Waals surface area contributed by atoms with Crippen LogP contribution in [0.25, 0.3) is 0 Å². The molecule has 0 radical (unpaired) electrons. The van der Waals surface area contributed by atoms with Gasteiger partial charge in [-0.2, -0.15) is 0 Å². The van der Waals surface area contributed by atoms with Crippen LogP contribution in [0, 0.1) is 5.92 Å². The van der Waals surface area contributed by atoms with Crippen LogP contribution in [0.4, 0.5) is 0 Å². The summed E-state index contributed by atoms with van der Waals surface area (Å²) in [5.74, 6) is 1.96. The molecule has 2 aliphatic heterocycles. The fraction of sp³-hybridized carbons (Fsp3) is 0.750. The van der Waals surface area contributed by atoms with Gasteiger partial charge in [0.1, 0.15) is 5.76 Å². The molecule has 0 spiro atoms. The molecule has 3 rings (SSSR count). The van der Waals surface area contributed by atoms with Crippen molar-refractivity contribution in [3.63, 3.8) is 0 Å². The Balaban J connectivity index is 1.44. The van der Waals surface area contributed by atoms with Gasteiger partial charge in [0.05, 0.1) is 12.8 Å².